The summed E-state index contributed by atoms with van der Waals surface area (Å²) in [6.07, 6.45) is 2.68. The lowest BCUT2D eigenvalue weighted by atomic mass is 10.0. The quantitative estimate of drug-likeness (QED) is 0.731. The van der Waals surface area contributed by atoms with Gasteiger partial charge in [0.15, 0.2) is 5.78 Å². The number of hydrogen-bond donors (Lipinski definition) is 0. The Morgan fingerprint density at radius 2 is 2.19 bits per heavy atom. The summed E-state index contributed by atoms with van der Waals surface area (Å²) in [7, 11) is 1.61. The topological polar surface area (TPSA) is 35.5 Å². The van der Waals surface area contributed by atoms with E-state index in [9.17, 15) is 4.79 Å². The molecule has 0 saturated carbocycles. The maximum Gasteiger partial charge on any atom is 0.165 e. The second-order valence-corrected chi connectivity index (χ2v) is 3.99. The molecule has 1 saturated heterocycles. The first kappa shape index (κ1) is 11.1. The number of methoxy groups -OCH3 is 1. The van der Waals surface area contributed by atoms with Crippen molar-refractivity contribution in [3.8, 4) is 5.75 Å². The van der Waals surface area contributed by atoms with E-state index in [1.807, 2.05) is 12.1 Å². The first-order valence-corrected chi connectivity index (χ1v) is 5.58. The third kappa shape index (κ3) is 2.61. The number of Topliss-reactive ketones (excluding diaryl/α,β-unsaturated/α-hetero) is 1. The predicted octanol–water partition coefficient (Wildman–Crippen LogP) is 2.45. The number of carbonyl (C=O) groups is 1. The minimum atomic E-state index is 0.120. The van der Waals surface area contributed by atoms with Crippen molar-refractivity contribution in [2.45, 2.75) is 25.4 Å². The van der Waals surface area contributed by atoms with Crippen LogP contribution in [0.15, 0.2) is 24.3 Å². The zero-order chi connectivity index (χ0) is 11.4. The summed E-state index contributed by atoms with van der Waals surface area (Å²) in [5.41, 5.74) is 0.733. The van der Waals surface area contributed by atoms with Crippen molar-refractivity contribution in [2.75, 3.05) is 13.7 Å². The van der Waals surface area contributed by atoms with Crippen LogP contribution in [-0.2, 0) is 4.74 Å². The van der Waals surface area contributed by atoms with Gasteiger partial charge in [-0.15, -0.1) is 0 Å². The van der Waals surface area contributed by atoms with E-state index in [1.165, 1.54) is 0 Å². The van der Waals surface area contributed by atoms with E-state index in [1.54, 1.807) is 19.2 Å². The van der Waals surface area contributed by atoms with Crippen molar-refractivity contribution in [1.82, 2.24) is 0 Å². The Balaban J connectivity index is 1.97. The van der Waals surface area contributed by atoms with E-state index < -0.39 is 0 Å². The van der Waals surface area contributed by atoms with Crippen molar-refractivity contribution in [3.05, 3.63) is 29.8 Å². The van der Waals surface area contributed by atoms with E-state index in [4.69, 9.17) is 9.47 Å². The highest BCUT2D eigenvalue weighted by Gasteiger charge is 2.19. The third-order valence-corrected chi connectivity index (χ3v) is 2.85. The van der Waals surface area contributed by atoms with Crippen LogP contribution in [0.25, 0.3) is 0 Å². The molecule has 16 heavy (non-hydrogen) atoms. The van der Waals surface area contributed by atoms with Gasteiger partial charge in [0.2, 0.25) is 0 Å². The largest absolute Gasteiger partial charge is 0.497 e. The molecule has 1 fully saturated rings. The average molecular weight is 220 g/mol. The van der Waals surface area contributed by atoms with E-state index in [0.717, 1.165) is 30.8 Å². The molecule has 3 heteroatoms. The van der Waals surface area contributed by atoms with Gasteiger partial charge in [0.05, 0.1) is 13.2 Å². The molecule has 1 aliphatic heterocycles. The molecule has 3 nitrogen and oxygen atoms in total. The van der Waals surface area contributed by atoms with Crippen molar-refractivity contribution in [1.29, 1.82) is 0 Å². The molecule has 0 unspecified atom stereocenters. The summed E-state index contributed by atoms with van der Waals surface area (Å²) < 4.78 is 10.5. The average Bonchev–Trinajstić information content (AvgIpc) is 2.82. The molecule has 0 spiro atoms. The van der Waals surface area contributed by atoms with Crippen LogP contribution in [0.2, 0.25) is 0 Å². The zero-order valence-electron chi connectivity index (χ0n) is 9.44. The highest BCUT2D eigenvalue weighted by atomic mass is 16.5. The highest BCUT2D eigenvalue weighted by molar-refractivity contribution is 5.96. The Labute approximate surface area is 95.4 Å². The highest BCUT2D eigenvalue weighted by Crippen LogP contribution is 2.19. The molecule has 1 aromatic rings. The second-order valence-electron chi connectivity index (χ2n) is 3.99. The van der Waals surface area contributed by atoms with Crippen molar-refractivity contribution in [3.63, 3.8) is 0 Å². The van der Waals surface area contributed by atoms with Crippen LogP contribution < -0.4 is 4.74 Å². The summed E-state index contributed by atoms with van der Waals surface area (Å²) in [4.78, 5) is 11.9. The van der Waals surface area contributed by atoms with Crippen LogP contribution in [0.3, 0.4) is 0 Å². The van der Waals surface area contributed by atoms with Gasteiger partial charge in [0.1, 0.15) is 5.75 Å². The van der Waals surface area contributed by atoms with E-state index in [2.05, 4.69) is 0 Å². The lowest BCUT2D eigenvalue weighted by molar-refractivity contribution is 0.0775. The molecular formula is C13H16O3. The number of rotatable bonds is 4. The Bertz CT molecular complexity index is 350. The maximum atomic E-state index is 11.9. The van der Waals surface area contributed by atoms with Crippen LogP contribution in [0.1, 0.15) is 29.6 Å². The number of hydrogen-bond acceptors (Lipinski definition) is 3. The first-order chi connectivity index (χ1) is 7.79. The van der Waals surface area contributed by atoms with Crippen LogP contribution >= 0.6 is 0 Å². The molecule has 1 aromatic carbocycles. The van der Waals surface area contributed by atoms with Gasteiger partial charge >= 0.3 is 0 Å². The van der Waals surface area contributed by atoms with Gasteiger partial charge in [-0.1, -0.05) is 0 Å². The van der Waals surface area contributed by atoms with Gasteiger partial charge in [-0.25, -0.2) is 0 Å². The number of carbonyl (C=O) groups excluding carboxylic acids is 1. The molecule has 0 N–H and O–H groups in total. The number of ether oxygens (including phenoxy) is 2. The molecule has 2 rings (SSSR count). The fourth-order valence-electron chi connectivity index (χ4n) is 1.91. The maximum absolute atomic E-state index is 11.9. The zero-order valence-corrected chi connectivity index (χ0v) is 9.44. The molecule has 0 aliphatic carbocycles. The third-order valence-electron chi connectivity index (χ3n) is 2.85. The predicted molar refractivity (Wildman–Crippen MR) is 60.9 cm³/mol. The van der Waals surface area contributed by atoms with Gasteiger partial charge in [0, 0.05) is 18.6 Å². The molecule has 1 heterocycles. The normalized spacial score (nSPS) is 19.7. The summed E-state index contributed by atoms with van der Waals surface area (Å²) >= 11 is 0. The first-order valence-electron chi connectivity index (χ1n) is 5.58. The molecule has 1 aliphatic rings. The lowest BCUT2D eigenvalue weighted by Crippen LogP contribution is -2.12. The van der Waals surface area contributed by atoms with E-state index in [0.29, 0.717) is 6.42 Å². The van der Waals surface area contributed by atoms with E-state index in [-0.39, 0.29) is 11.9 Å². The summed E-state index contributed by atoms with van der Waals surface area (Å²) in [5.74, 6) is 0.920. The summed E-state index contributed by atoms with van der Waals surface area (Å²) in [5, 5.41) is 0. The fraction of sp³-hybridized carbons (Fsp3) is 0.462. The Morgan fingerprint density at radius 3 is 2.75 bits per heavy atom. The number of benzene rings is 1. The van der Waals surface area contributed by atoms with Gasteiger partial charge in [-0.05, 0) is 37.1 Å². The van der Waals surface area contributed by atoms with Crippen molar-refractivity contribution >= 4 is 5.78 Å². The van der Waals surface area contributed by atoms with Gasteiger partial charge < -0.3 is 9.47 Å². The monoisotopic (exact) mass is 220 g/mol. The molecule has 1 atom stereocenters. The molecule has 0 aromatic heterocycles. The Morgan fingerprint density at radius 1 is 1.44 bits per heavy atom. The fourth-order valence-corrected chi connectivity index (χ4v) is 1.91. The minimum absolute atomic E-state index is 0.120. The molecule has 0 amide bonds. The molecule has 0 radical (unpaired) electrons. The second kappa shape index (κ2) is 5.12. The minimum Gasteiger partial charge on any atom is -0.497 e. The Kier molecular flexibility index (Phi) is 3.57. The van der Waals surface area contributed by atoms with Crippen LogP contribution in [0.4, 0.5) is 0 Å². The van der Waals surface area contributed by atoms with Gasteiger partial charge in [-0.3, -0.25) is 4.79 Å². The Hall–Kier alpha value is -1.35. The smallest absolute Gasteiger partial charge is 0.165 e. The van der Waals surface area contributed by atoms with Crippen LogP contribution in [0.5, 0.6) is 5.75 Å². The molecule has 86 valence electrons. The number of ketones is 1. The van der Waals surface area contributed by atoms with E-state index >= 15 is 0 Å². The van der Waals surface area contributed by atoms with Crippen molar-refractivity contribution in [2.24, 2.45) is 0 Å². The van der Waals surface area contributed by atoms with Crippen LogP contribution in [-0.4, -0.2) is 25.6 Å². The summed E-state index contributed by atoms with van der Waals surface area (Å²) in [6, 6.07) is 7.22. The SMILES string of the molecule is COc1ccc(C(=O)C[C@H]2CCCO2)cc1. The lowest BCUT2D eigenvalue weighted by Gasteiger charge is -2.08. The van der Waals surface area contributed by atoms with Gasteiger partial charge in [-0.2, -0.15) is 0 Å². The van der Waals surface area contributed by atoms with Crippen molar-refractivity contribution < 1.29 is 14.3 Å². The standard InChI is InChI=1S/C13H16O3/c1-15-11-6-4-10(5-7-11)13(14)9-12-3-2-8-16-12/h4-7,12H,2-3,8-9H2,1H3/t12-/m1/s1. The van der Waals surface area contributed by atoms with Gasteiger partial charge in [0.25, 0.3) is 0 Å². The molecular weight excluding hydrogens is 204 g/mol. The molecule has 0 bridgehead atoms. The van der Waals surface area contributed by atoms with Crippen LogP contribution in [0, 0.1) is 0 Å². The summed E-state index contributed by atoms with van der Waals surface area (Å²) in [6.45, 7) is 0.792.